The van der Waals surface area contributed by atoms with E-state index in [1.807, 2.05) is 6.07 Å². The zero-order valence-corrected chi connectivity index (χ0v) is 11.1. The van der Waals surface area contributed by atoms with Crippen molar-refractivity contribution in [3.63, 3.8) is 0 Å². The van der Waals surface area contributed by atoms with E-state index in [4.69, 9.17) is 0 Å². The molecule has 6 nitrogen and oxygen atoms in total. The number of nitrogens with one attached hydrogen (secondary N) is 1. The molecule has 18 heavy (non-hydrogen) atoms. The third-order valence-corrected chi connectivity index (χ3v) is 2.74. The number of methoxy groups -OCH3 is 1. The van der Waals surface area contributed by atoms with Crippen LogP contribution in [0.1, 0.15) is 0 Å². The first-order valence-electron chi connectivity index (χ1n) is 5.05. The molecular formula is C11H10BrN3O3. The predicted molar refractivity (Wildman–Crippen MR) is 69.1 cm³/mol. The molecule has 0 atom stereocenters. The molecule has 94 valence electrons. The van der Waals surface area contributed by atoms with Gasteiger partial charge >= 0.3 is 0 Å². The first-order valence-corrected chi connectivity index (χ1v) is 5.85. The highest BCUT2D eigenvalue weighted by Gasteiger charge is 2.11. The van der Waals surface area contributed by atoms with Gasteiger partial charge in [-0.15, -0.1) is 10.2 Å². The van der Waals surface area contributed by atoms with E-state index < -0.39 is 5.91 Å². The Labute approximate surface area is 111 Å². The van der Waals surface area contributed by atoms with Crippen LogP contribution in [-0.4, -0.2) is 29.7 Å². The van der Waals surface area contributed by atoms with Crippen LogP contribution in [-0.2, 0) is 9.53 Å². The number of fused-ring (bicyclic) bond motifs is 1. The molecule has 7 heteroatoms. The average Bonchev–Trinajstić information content (AvgIpc) is 2.62. The summed E-state index contributed by atoms with van der Waals surface area (Å²) in [5.41, 5.74) is 0.944. The summed E-state index contributed by atoms with van der Waals surface area (Å²) in [5, 5.41) is 17.6. The minimum absolute atomic E-state index is 0.128. The van der Waals surface area contributed by atoms with Crippen molar-refractivity contribution in [2.45, 2.75) is 0 Å². The second-order valence-electron chi connectivity index (χ2n) is 3.54. The molecule has 1 amide bonds. The topological polar surface area (TPSA) is 87.0 Å². The Hall–Kier alpha value is -1.73. The summed E-state index contributed by atoms with van der Waals surface area (Å²) < 4.78 is 5.47. The van der Waals surface area contributed by atoms with Crippen molar-refractivity contribution in [2.75, 3.05) is 13.7 Å². The number of H-pyrrole nitrogens is 1. The van der Waals surface area contributed by atoms with Gasteiger partial charge in [0.15, 0.2) is 5.69 Å². The Kier molecular flexibility index (Phi) is 3.73. The van der Waals surface area contributed by atoms with Gasteiger partial charge in [0.1, 0.15) is 6.61 Å². The van der Waals surface area contributed by atoms with Crippen LogP contribution in [0.15, 0.2) is 32.9 Å². The summed E-state index contributed by atoms with van der Waals surface area (Å²) in [4.78, 5) is 13.9. The highest BCUT2D eigenvalue weighted by Crippen LogP contribution is 2.36. The molecular weight excluding hydrogens is 302 g/mol. The fourth-order valence-corrected chi connectivity index (χ4v) is 1.86. The molecule has 2 aromatic rings. The van der Waals surface area contributed by atoms with Crippen LogP contribution in [0.2, 0.25) is 0 Å². The molecule has 0 saturated carbocycles. The molecule has 0 spiro atoms. The maximum Gasteiger partial charge on any atom is 0.290 e. The van der Waals surface area contributed by atoms with Gasteiger partial charge in [-0.3, -0.25) is 4.79 Å². The number of rotatable bonds is 3. The number of aromatic amines is 1. The quantitative estimate of drug-likeness (QED) is 0.854. The lowest BCUT2D eigenvalue weighted by molar-refractivity contribution is -0.121. The number of halogens is 1. The summed E-state index contributed by atoms with van der Waals surface area (Å²) in [6, 6.07) is 5.39. The number of amides is 1. The van der Waals surface area contributed by atoms with E-state index in [0.717, 1.165) is 4.47 Å². The lowest BCUT2D eigenvalue weighted by Crippen LogP contribution is -2.01. The fraction of sp³-hybridized carbons (Fsp3) is 0.182. The van der Waals surface area contributed by atoms with Gasteiger partial charge in [0.2, 0.25) is 5.88 Å². The van der Waals surface area contributed by atoms with Crippen LogP contribution in [0, 0.1) is 0 Å². The Balaban J connectivity index is 2.41. The Morgan fingerprint density at radius 1 is 1.56 bits per heavy atom. The number of benzene rings is 1. The molecule has 2 rings (SSSR count). The van der Waals surface area contributed by atoms with Crippen molar-refractivity contribution in [1.82, 2.24) is 4.98 Å². The average molecular weight is 312 g/mol. The first-order chi connectivity index (χ1) is 8.61. The van der Waals surface area contributed by atoms with Gasteiger partial charge in [-0.25, -0.2) is 0 Å². The summed E-state index contributed by atoms with van der Waals surface area (Å²) in [7, 11) is 1.40. The summed E-state index contributed by atoms with van der Waals surface area (Å²) >= 11 is 3.33. The molecule has 1 aromatic carbocycles. The van der Waals surface area contributed by atoms with Gasteiger partial charge in [-0.05, 0) is 18.2 Å². The highest BCUT2D eigenvalue weighted by atomic mass is 79.9. The van der Waals surface area contributed by atoms with Gasteiger partial charge in [-0.2, -0.15) is 0 Å². The second-order valence-corrected chi connectivity index (χ2v) is 4.45. The monoisotopic (exact) mass is 311 g/mol. The van der Waals surface area contributed by atoms with Crippen LogP contribution < -0.4 is 0 Å². The van der Waals surface area contributed by atoms with Crippen molar-refractivity contribution in [1.29, 1.82) is 0 Å². The van der Waals surface area contributed by atoms with Crippen molar-refractivity contribution in [2.24, 2.45) is 10.2 Å². The lowest BCUT2D eigenvalue weighted by atomic mass is 10.2. The van der Waals surface area contributed by atoms with E-state index in [9.17, 15) is 9.90 Å². The Bertz CT molecular complexity index is 621. The van der Waals surface area contributed by atoms with E-state index in [1.165, 1.54) is 7.11 Å². The van der Waals surface area contributed by atoms with Crippen molar-refractivity contribution in [3.8, 4) is 5.88 Å². The fourth-order valence-electron chi connectivity index (χ4n) is 1.50. The van der Waals surface area contributed by atoms with Crippen LogP contribution in [0.25, 0.3) is 10.9 Å². The van der Waals surface area contributed by atoms with Gasteiger partial charge in [0, 0.05) is 17.0 Å². The maximum atomic E-state index is 11.2. The Morgan fingerprint density at radius 3 is 3.06 bits per heavy atom. The van der Waals surface area contributed by atoms with Gasteiger partial charge < -0.3 is 14.8 Å². The molecule has 1 heterocycles. The van der Waals surface area contributed by atoms with E-state index in [2.05, 4.69) is 35.9 Å². The van der Waals surface area contributed by atoms with Gasteiger partial charge in [0.25, 0.3) is 5.91 Å². The molecule has 0 saturated heterocycles. The predicted octanol–water partition coefficient (Wildman–Crippen LogP) is 2.89. The normalized spacial score (nSPS) is 11.4. The van der Waals surface area contributed by atoms with Gasteiger partial charge in [-0.1, -0.05) is 15.9 Å². The van der Waals surface area contributed by atoms with Crippen molar-refractivity contribution >= 4 is 38.4 Å². The largest absolute Gasteiger partial charge is 0.493 e. The van der Waals surface area contributed by atoms with E-state index in [-0.39, 0.29) is 18.2 Å². The minimum Gasteiger partial charge on any atom is -0.493 e. The third-order valence-electron chi connectivity index (χ3n) is 2.24. The van der Waals surface area contributed by atoms with Crippen LogP contribution in [0.4, 0.5) is 5.69 Å². The number of aromatic hydroxyl groups is 1. The molecule has 0 unspecified atom stereocenters. The number of carbonyl (C=O) groups is 1. The number of nitrogens with zero attached hydrogens (tertiary/aromatic N) is 2. The number of azo groups is 1. The lowest BCUT2D eigenvalue weighted by Gasteiger charge is -1.93. The third kappa shape index (κ3) is 2.57. The standard InChI is InChI=1S/C11H10BrN3O3/c1-18-5-9(16)14-15-10-7-4-6(12)2-3-8(7)13-11(10)17/h2-4,13,17H,5H2,1H3. The van der Waals surface area contributed by atoms with Crippen molar-refractivity contribution < 1.29 is 14.6 Å². The molecule has 2 N–H and O–H groups in total. The van der Waals surface area contributed by atoms with Crippen molar-refractivity contribution in [3.05, 3.63) is 22.7 Å². The molecule has 0 aliphatic carbocycles. The van der Waals surface area contributed by atoms with Crippen LogP contribution >= 0.6 is 15.9 Å². The minimum atomic E-state index is -0.513. The first kappa shape index (κ1) is 12.7. The molecule has 0 fully saturated rings. The maximum absolute atomic E-state index is 11.2. The highest BCUT2D eigenvalue weighted by molar-refractivity contribution is 9.10. The number of aromatic nitrogens is 1. The van der Waals surface area contributed by atoms with E-state index in [1.54, 1.807) is 12.1 Å². The number of carbonyl (C=O) groups excluding carboxylic acids is 1. The molecule has 0 aliphatic rings. The zero-order valence-electron chi connectivity index (χ0n) is 9.48. The van der Waals surface area contributed by atoms with Crippen LogP contribution in [0.3, 0.4) is 0 Å². The smallest absolute Gasteiger partial charge is 0.290 e. The second kappa shape index (κ2) is 5.28. The molecule has 1 aromatic heterocycles. The summed E-state index contributed by atoms with van der Waals surface area (Å²) in [6.45, 7) is -0.143. The number of ether oxygens (including phenoxy) is 1. The van der Waals surface area contributed by atoms with E-state index in [0.29, 0.717) is 10.9 Å². The summed E-state index contributed by atoms with van der Waals surface area (Å²) in [5.74, 6) is -0.640. The SMILES string of the molecule is COCC(=O)N=Nc1c(O)[nH]c2ccc(Br)cc12. The Morgan fingerprint density at radius 2 is 2.33 bits per heavy atom. The number of hydrogen-bond acceptors (Lipinski definition) is 4. The number of hydrogen-bond donors (Lipinski definition) is 2. The van der Waals surface area contributed by atoms with E-state index >= 15 is 0 Å². The molecule has 0 aliphatic heterocycles. The van der Waals surface area contributed by atoms with Gasteiger partial charge in [0.05, 0.1) is 5.52 Å². The summed E-state index contributed by atoms with van der Waals surface area (Å²) in [6.07, 6.45) is 0. The molecule has 0 bridgehead atoms. The zero-order chi connectivity index (χ0) is 13.1. The van der Waals surface area contributed by atoms with Crippen LogP contribution in [0.5, 0.6) is 5.88 Å². The molecule has 0 radical (unpaired) electrons.